The zero-order valence-corrected chi connectivity index (χ0v) is 19.1. The van der Waals surface area contributed by atoms with Crippen LogP contribution in [0.4, 0.5) is 0 Å². The van der Waals surface area contributed by atoms with Gasteiger partial charge in [0.1, 0.15) is 11.5 Å². The van der Waals surface area contributed by atoms with Crippen molar-refractivity contribution in [2.24, 2.45) is 0 Å². The van der Waals surface area contributed by atoms with E-state index in [1.54, 1.807) is 13.2 Å². The largest absolute Gasteiger partial charge is 0.508 e. The van der Waals surface area contributed by atoms with Gasteiger partial charge in [-0.05, 0) is 60.0 Å². The van der Waals surface area contributed by atoms with Crippen molar-refractivity contribution in [2.45, 2.75) is 24.7 Å². The first-order chi connectivity index (χ1) is 14.0. The number of ether oxygens (including phenoxy) is 1. The number of phenols is 1. The highest BCUT2D eigenvalue weighted by Crippen LogP contribution is 2.39. The lowest BCUT2D eigenvalue weighted by molar-refractivity contribution is 0.244. The third-order valence-electron chi connectivity index (χ3n) is 5.27. The van der Waals surface area contributed by atoms with E-state index in [0.29, 0.717) is 5.75 Å². The van der Waals surface area contributed by atoms with E-state index in [-0.39, 0.29) is 18.2 Å². The van der Waals surface area contributed by atoms with E-state index in [2.05, 4.69) is 66.8 Å². The number of halogens is 2. The summed E-state index contributed by atoms with van der Waals surface area (Å²) in [5.41, 5.74) is 3.18. The van der Waals surface area contributed by atoms with E-state index >= 15 is 0 Å². The minimum Gasteiger partial charge on any atom is -0.508 e. The molecule has 1 fully saturated rings. The van der Waals surface area contributed by atoms with Crippen molar-refractivity contribution in [2.75, 3.05) is 7.11 Å². The molecule has 0 bridgehead atoms. The third-order valence-corrected chi connectivity index (χ3v) is 6.29. The molecule has 0 saturated carbocycles. The Hall–Kier alpha value is -1.86. The molecule has 3 aromatic rings. The van der Waals surface area contributed by atoms with Gasteiger partial charge in [-0.2, -0.15) is 0 Å². The van der Waals surface area contributed by atoms with Gasteiger partial charge in [-0.3, -0.25) is 10.6 Å². The maximum atomic E-state index is 10.5. The molecule has 1 saturated heterocycles. The monoisotopic (exact) mass is 516 g/mol. The van der Waals surface area contributed by atoms with Crippen LogP contribution in [0, 0.1) is 0 Å². The zero-order chi connectivity index (χ0) is 20.4. The summed E-state index contributed by atoms with van der Waals surface area (Å²) in [6.45, 7) is 0. The number of hydrogen-bond acceptors (Lipinski definition) is 4. The Bertz CT molecular complexity index is 994. The quantitative estimate of drug-likeness (QED) is 0.398. The fourth-order valence-electron chi connectivity index (χ4n) is 3.78. The molecule has 29 heavy (non-hydrogen) atoms. The molecule has 0 radical (unpaired) electrons. The molecule has 0 spiro atoms. The summed E-state index contributed by atoms with van der Waals surface area (Å²) in [5, 5.41) is 17.9. The molecule has 3 aromatic carbocycles. The van der Waals surface area contributed by atoms with Crippen molar-refractivity contribution in [1.82, 2.24) is 10.6 Å². The number of aromatic hydroxyl groups is 1. The van der Waals surface area contributed by atoms with Crippen LogP contribution in [0.25, 0.3) is 0 Å². The smallest absolute Gasteiger partial charge is 0.120 e. The molecule has 0 amide bonds. The molecule has 1 aliphatic heterocycles. The van der Waals surface area contributed by atoms with Crippen LogP contribution in [0.15, 0.2) is 75.7 Å². The lowest BCUT2D eigenvalue weighted by Gasteiger charge is -2.38. The van der Waals surface area contributed by atoms with Gasteiger partial charge in [0.15, 0.2) is 0 Å². The Morgan fingerprint density at radius 1 is 0.862 bits per heavy atom. The predicted molar refractivity (Wildman–Crippen MR) is 122 cm³/mol. The average molecular weight is 518 g/mol. The van der Waals surface area contributed by atoms with Gasteiger partial charge < -0.3 is 9.84 Å². The summed E-state index contributed by atoms with van der Waals surface area (Å²) in [7, 11) is 1.68. The number of phenolic OH excluding ortho intramolecular Hbond substituents is 1. The third kappa shape index (κ3) is 4.67. The van der Waals surface area contributed by atoms with E-state index in [1.165, 1.54) is 0 Å². The van der Waals surface area contributed by atoms with Crippen molar-refractivity contribution >= 4 is 31.9 Å². The van der Waals surface area contributed by atoms with Crippen LogP contribution >= 0.6 is 31.9 Å². The summed E-state index contributed by atoms with van der Waals surface area (Å²) in [5.74, 6) is 1.14. The van der Waals surface area contributed by atoms with E-state index in [1.807, 2.05) is 36.4 Å². The molecular formula is C23H22Br2N2O2. The van der Waals surface area contributed by atoms with Crippen LogP contribution in [0.5, 0.6) is 11.5 Å². The second-order valence-corrected chi connectivity index (χ2v) is 8.97. The van der Waals surface area contributed by atoms with Gasteiger partial charge in [0, 0.05) is 26.6 Å². The zero-order valence-electron chi connectivity index (χ0n) is 15.9. The van der Waals surface area contributed by atoms with Crippen LogP contribution in [0.3, 0.4) is 0 Å². The second kappa shape index (κ2) is 8.88. The fraction of sp³-hybridized carbons (Fsp3) is 0.217. The predicted octanol–water partition coefficient (Wildman–Crippen LogP) is 5.99. The van der Waals surface area contributed by atoms with Crippen molar-refractivity contribution in [3.63, 3.8) is 0 Å². The minimum atomic E-state index is -0.0589. The van der Waals surface area contributed by atoms with Crippen molar-refractivity contribution in [1.29, 1.82) is 0 Å². The van der Waals surface area contributed by atoms with E-state index < -0.39 is 0 Å². The van der Waals surface area contributed by atoms with Crippen LogP contribution < -0.4 is 15.4 Å². The molecule has 0 unspecified atom stereocenters. The van der Waals surface area contributed by atoms with Crippen LogP contribution in [-0.2, 0) is 0 Å². The molecule has 1 aliphatic rings. The lowest BCUT2D eigenvalue weighted by atomic mass is 9.90. The van der Waals surface area contributed by atoms with Gasteiger partial charge in [0.25, 0.3) is 0 Å². The Kier molecular flexibility index (Phi) is 6.25. The molecule has 6 heteroatoms. The molecule has 3 N–H and O–H groups in total. The van der Waals surface area contributed by atoms with Crippen LogP contribution in [-0.4, -0.2) is 12.2 Å². The van der Waals surface area contributed by atoms with Crippen LogP contribution in [0.2, 0.25) is 0 Å². The topological polar surface area (TPSA) is 53.5 Å². The van der Waals surface area contributed by atoms with Gasteiger partial charge in [0.2, 0.25) is 0 Å². The maximum absolute atomic E-state index is 10.5. The molecule has 4 nitrogen and oxygen atoms in total. The minimum absolute atomic E-state index is 0.0152. The number of methoxy groups -OCH3 is 1. The maximum Gasteiger partial charge on any atom is 0.120 e. The summed E-state index contributed by atoms with van der Waals surface area (Å²) in [4.78, 5) is 0. The highest BCUT2D eigenvalue weighted by Gasteiger charge is 2.31. The summed E-state index contributed by atoms with van der Waals surface area (Å²) in [6.07, 6.45) is 0.737. The summed E-state index contributed by atoms with van der Waals surface area (Å²) >= 11 is 7.04. The number of rotatable bonds is 4. The average Bonchev–Trinajstić information content (AvgIpc) is 2.75. The van der Waals surface area contributed by atoms with Crippen molar-refractivity contribution in [3.05, 3.63) is 92.4 Å². The Labute approximate surface area is 187 Å². The lowest BCUT2D eigenvalue weighted by Crippen LogP contribution is -2.45. The highest BCUT2D eigenvalue weighted by atomic mass is 79.9. The first-order valence-corrected chi connectivity index (χ1v) is 11.0. The van der Waals surface area contributed by atoms with Crippen molar-refractivity contribution in [3.8, 4) is 11.5 Å². The molecule has 0 aliphatic carbocycles. The van der Waals surface area contributed by atoms with Crippen molar-refractivity contribution < 1.29 is 9.84 Å². The second-order valence-electron chi connectivity index (χ2n) is 7.14. The molecular weight excluding hydrogens is 496 g/mol. The van der Waals surface area contributed by atoms with Gasteiger partial charge in [-0.1, -0.05) is 56.1 Å². The Balaban J connectivity index is 1.71. The normalized spacial score (nSPS) is 21.7. The van der Waals surface area contributed by atoms with E-state index in [9.17, 15) is 5.11 Å². The highest BCUT2D eigenvalue weighted by molar-refractivity contribution is 9.10. The molecule has 4 rings (SSSR count). The molecule has 3 atom stereocenters. The molecule has 150 valence electrons. The number of benzene rings is 3. The SMILES string of the molecule is COc1cccc([C@@H]2C[C@@H](c3cc(Br)ccc3O)N[C@H](c3ccc(Br)cc3)N2)c1. The fourth-order valence-corrected chi connectivity index (χ4v) is 4.42. The van der Waals surface area contributed by atoms with Gasteiger partial charge >= 0.3 is 0 Å². The Morgan fingerprint density at radius 2 is 1.59 bits per heavy atom. The standard InChI is InChI=1S/C23H22Br2N2O2/c1-29-18-4-2-3-15(11-18)20-13-21(19-12-17(25)9-10-22(19)28)27-23(26-20)14-5-7-16(24)8-6-14/h2-12,20-21,23,26-28H,13H2,1H3/t20-,21-,23+/m0/s1. The number of hydrogen-bond donors (Lipinski definition) is 3. The van der Waals surface area contributed by atoms with Crippen LogP contribution in [0.1, 0.15) is 41.4 Å². The van der Waals surface area contributed by atoms with Gasteiger partial charge in [0.05, 0.1) is 13.3 Å². The molecule has 1 heterocycles. The Morgan fingerprint density at radius 3 is 2.34 bits per heavy atom. The van der Waals surface area contributed by atoms with E-state index in [4.69, 9.17) is 4.74 Å². The summed E-state index contributed by atoms with van der Waals surface area (Å²) in [6, 6.07) is 22.1. The van der Waals surface area contributed by atoms with E-state index in [0.717, 1.165) is 37.8 Å². The first-order valence-electron chi connectivity index (χ1n) is 9.43. The first kappa shape index (κ1) is 20.4. The molecule has 0 aromatic heterocycles. The van der Waals surface area contributed by atoms with Gasteiger partial charge in [-0.25, -0.2) is 0 Å². The van der Waals surface area contributed by atoms with Gasteiger partial charge in [-0.15, -0.1) is 0 Å². The summed E-state index contributed by atoms with van der Waals surface area (Å²) < 4.78 is 7.41. The number of nitrogens with one attached hydrogen (secondary N) is 2.